The molecule has 0 saturated heterocycles. The van der Waals surface area contributed by atoms with Gasteiger partial charge in [0.2, 0.25) is 5.78 Å². The third kappa shape index (κ3) is 4.83. The summed E-state index contributed by atoms with van der Waals surface area (Å²) in [7, 11) is 5.71. The monoisotopic (exact) mass is 407 g/mol. The van der Waals surface area contributed by atoms with Gasteiger partial charge in [-0.3, -0.25) is 14.9 Å². The quantitative estimate of drug-likeness (QED) is 0.252. The lowest BCUT2D eigenvalue weighted by molar-refractivity contribution is -0.384. The molecular formula is C22H25N5O3. The van der Waals surface area contributed by atoms with E-state index in [9.17, 15) is 14.9 Å². The number of rotatable bonds is 9. The van der Waals surface area contributed by atoms with E-state index in [4.69, 9.17) is 0 Å². The first-order chi connectivity index (χ1) is 14.4. The zero-order chi connectivity index (χ0) is 21.7. The number of nitrogens with one attached hydrogen (secondary N) is 1. The number of carbonyl (C=O) groups excluding carboxylic acids is 1. The minimum Gasteiger partial charge on any atom is -0.379 e. The van der Waals surface area contributed by atoms with E-state index in [1.165, 1.54) is 17.8 Å². The Kier molecular flexibility index (Phi) is 6.46. The summed E-state index contributed by atoms with van der Waals surface area (Å²) >= 11 is 0. The number of ketones is 1. The average molecular weight is 407 g/mol. The normalized spacial score (nSPS) is 10.6. The number of hydrogen-bond acceptors (Lipinski definition) is 6. The third-order valence-corrected chi connectivity index (χ3v) is 4.89. The van der Waals surface area contributed by atoms with Gasteiger partial charge in [-0.15, -0.1) is 0 Å². The first-order valence-corrected chi connectivity index (χ1v) is 9.67. The zero-order valence-corrected chi connectivity index (χ0v) is 17.3. The summed E-state index contributed by atoms with van der Waals surface area (Å²) in [4.78, 5) is 29.7. The van der Waals surface area contributed by atoms with Gasteiger partial charge in [0.15, 0.2) is 5.82 Å². The number of nitro groups is 1. The maximum atomic E-state index is 12.6. The van der Waals surface area contributed by atoms with Crippen LogP contribution in [0.1, 0.15) is 28.2 Å². The first kappa shape index (κ1) is 21.0. The summed E-state index contributed by atoms with van der Waals surface area (Å²) in [5.41, 5.74) is 2.88. The van der Waals surface area contributed by atoms with E-state index in [2.05, 4.69) is 34.6 Å². The molecule has 2 aromatic carbocycles. The second kappa shape index (κ2) is 9.21. The van der Waals surface area contributed by atoms with Crippen LogP contribution in [-0.4, -0.2) is 40.9 Å². The van der Waals surface area contributed by atoms with Crippen LogP contribution < -0.4 is 10.2 Å². The molecule has 0 aliphatic carbocycles. The summed E-state index contributed by atoms with van der Waals surface area (Å²) < 4.78 is 1.59. The molecule has 30 heavy (non-hydrogen) atoms. The number of imidazole rings is 1. The summed E-state index contributed by atoms with van der Waals surface area (Å²) in [6, 6.07) is 12.8. The van der Waals surface area contributed by atoms with E-state index in [0.29, 0.717) is 12.2 Å². The van der Waals surface area contributed by atoms with Crippen LogP contribution >= 0.6 is 0 Å². The maximum absolute atomic E-state index is 12.6. The molecule has 0 spiro atoms. The number of anilines is 2. The highest BCUT2D eigenvalue weighted by atomic mass is 16.6. The van der Waals surface area contributed by atoms with Crippen molar-refractivity contribution in [2.24, 2.45) is 7.05 Å². The zero-order valence-electron chi connectivity index (χ0n) is 17.3. The SMILES string of the molecule is CN(C)c1ccc(CCCNc2ccc(C(=O)c3nccn3C)cc2[N+](=O)[O-])cc1. The van der Waals surface area contributed by atoms with Crippen molar-refractivity contribution in [1.29, 1.82) is 0 Å². The van der Waals surface area contributed by atoms with Crippen LogP contribution in [0, 0.1) is 10.1 Å². The smallest absolute Gasteiger partial charge is 0.293 e. The number of aromatic nitrogens is 2. The minimum atomic E-state index is -0.475. The Labute approximate surface area is 175 Å². The van der Waals surface area contributed by atoms with Gasteiger partial charge in [0.1, 0.15) is 5.69 Å². The van der Waals surface area contributed by atoms with E-state index in [-0.39, 0.29) is 22.9 Å². The van der Waals surface area contributed by atoms with Crippen LogP contribution in [0.25, 0.3) is 0 Å². The van der Waals surface area contributed by atoms with E-state index in [0.717, 1.165) is 18.5 Å². The van der Waals surface area contributed by atoms with Gasteiger partial charge in [0.25, 0.3) is 5.69 Å². The fraction of sp³-hybridized carbons (Fsp3) is 0.273. The van der Waals surface area contributed by atoms with Crippen LogP contribution in [0.15, 0.2) is 54.9 Å². The van der Waals surface area contributed by atoms with Crippen LogP contribution in [0.5, 0.6) is 0 Å². The fourth-order valence-electron chi connectivity index (χ4n) is 3.16. The molecule has 0 amide bonds. The molecule has 0 bridgehead atoms. The van der Waals surface area contributed by atoms with Crippen LogP contribution in [0.3, 0.4) is 0 Å². The lowest BCUT2D eigenvalue weighted by atomic mass is 10.1. The highest BCUT2D eigenvalue weighted by Crippen LogP contribution is 2.26. The standard InChI is InChI=1S/C22H25N5O3/c1-25(2)18-9-6-16(7-10-18)5-4-12-23-19-11-8-17(15-20(19)27(29)30)21(28)22-24-13-14-26(22)3/h6-11,13-15,23H,4-5,12H2,1-3H3. The van der Waals surface area contributed by atoms with Crippen molar-refractivity contribution >= 4 is 22.8 Å². The van der Waals surface area contributed by atoms with Crippen LogP contribution in [0.2, 0.25) is 0 Å². The number of nitrogens with zero attached hydrogens (tertiary/aromatic N) is 4. The molecule has 0 aliphatic rings. The summed E-state index contributed by atoms with van der Waals surface area (Å²) in [6.45, 7) is 0.586. The van der Waals surface area contributed by atoms with Crippen molar-refractivity contribution in [1.82, 2.24) is 9.55 Å². The number of hydrogen-bond donors (Lipinski definition) is 1. The fourth-order valence-corrected chi connectivity index (χ4v) is 3.16. The Morgan fingerprint density at radius 2 is 1.93 bits per heavy atom. The molecule has 8 nitrogen and oxygen atoms in total. The summed E-state index contributed by atoms with van der Waals surface area (Å²) in [6.07, 6.45) is 4.87. The second-order valence-electron chi connectivity index (χ2n) is 7.27. The molecule has 8 heteroatoms. The van der Waals surface area contributed by atoms with E-state index < -0.39 is 4.92 Å². The van der Waals surface area contributed by atoms with Crippen LogP contribution in [0.4, 0.5) is 17.1 Å². The lowest BCUT2D eigenvalue weighted by Crippen LogP contribution is -2.10. The third-order valence-electron chi connectivity index (χ3n) is 4.89. The molecule has 3 rings (SSSR count). The van der Waals surface area contributed by atoms with E-state index >= 15 is 0 Å². The predicted molar refractivity (Wildman–Crippen MR) is 117 cm³/mol. The molecule has 1 aromatic heterocycles. The van der Waals surface area contributed by atoms with Crippen molar-refractivity contribution < 1.29 is 9.72 Å². The Morgan fingerprint density at radius 3 is 2.53 bits per heavy atom. The van der Waals surface area contributed by atoms with Gasteiger partial charge in [-0.25, -0.2) is 4.98 Å². The van der Waals surface area contributed by atoms with Gasteiger partial charge < -0.3 is 14.8 Å². The van der Waals surface area contributed by atoms with Crippen molar-refractivity contribution in [3.05, 3.63) is 81.9 Å². The van der Waals surface area contributed by atoms with E-state index in [1.807, 2.05) is 19.0 Å². The Morgan fingerprint density at radius 1 is 1.20 bits per heavy atom. The van der Waals surface area contributed by atoms with Gasteiger partial charge >= 0.3 is 0 Å². The maximum Gasteiger partial charge on any atom is 0.293 e. The molecule has 0 saturated carbocycles. The molecule has 156 valence electrons. The highest BCUT2D eigenvalue weighted by Gasteiger charge is 2.20. The molecule has 1 N–H and O–H groups in total. The van der Waals surface area contributed by atoms with Gasteiger partial charge in [-0.2, -0.15) is 0 Å². The molecule has 0 fully saturated rings. The minimum absolute atomic E-state index is 0.120. The average Bonchev–Trinajstić information content (AvgIpc) is 3.16. The molecule has 3 aromatic rings. The number of benzene rings is 2. The van der Waals surface area contributed by atoms with Gasteiger partial charge in [-0.05, 0) is 42.7 Å². The second-order valence-corrected chi connectivity index (χ2v) is 7.27. The highest BCUT2D eigenvalue weighted by molar-refractivity contribution is 6.07. The van der Waals surface area contributed by atoms with Crippen molar-refractivity contribution in [2.75, 3.05) is 30.9 Å². The van der Waals surface area contributed by atoms with Crippen molar-refractivity contribution in [3.8, 4) is 0 Å². The van der Waals surface area contributed by atoms with E-state index in [1.54, 1.807) is 29.9 Å². The van der Waals surface area contributed by atoms with Gasteiger partial charge in [0, 0.05) is 57.4 Å². The lowest BCUT2D eigenvalue weighted by Gasteiger charge is -2.13. The summed E-state index contributed by atoms with van der Waals surface area (Å²) in [5.74, 6) is -0.108. The van der Waals surface area contributed by atoms with Crippen molar-refractivity contribution in [2.45, 2.75) is 12.8 Å². The molecule has 0 atom stereocenters. The Bertz CT molecular complexity index is 1040. The molecular weight excluding hydrogens is 382 g/mol. The first-order valence-electron chi connectivity index (χ1n) is 9.67. The largest absolute Gasteiger partial charge is 0.379 e. The van der Waals surface area contributed by atoms with Gasteiger partial charge in [0.05, 0.1) is 4.92 Å². The molecule has 0 unspecified atom stereocenters. The van der Waals surface area contributed by atoms with Crippen LogP contribution in [-0.2, 0) is 13.5 Å². The Balaban J connectivity index is 1.63. The molecule has 0 radical (unpaired) electrons. The number of carbonyl (C=O) groups is 1. The molecule has 1 heterocycles. The predicted octanol–water partition coefficient (Wildman–Crippen LogP) is 3.67. The topological polar surface area (TPSA) is 93.3 Å². The number of aryl methyl sites for hydroxylation is 2. The number of nitro benzene ring substituents is 1. The Hall–Kier alpha value is -3.68. The van der Waals surface area contributed by atoms with Gasteiger partial charge in [-0.1, -0.05) is 12.1 Å². The summed E-state index contributed by atoms with van der Waals surface area (Å²) in [5, 5.41) is 14.6. The van der Waals surface area contributed by atoms with Crippen molar-refractivity contribution in [3.63, 3.8) is 0 Å². The molecule has 0 aliphatic heterocycles.